The van der Waals surface area contributed by atoms with Gasteiger partial charge >= 0.3 is 5.97 Å². The van der Waals surface area contributed by atoms with Crippen LogP contribution in [0.3, 0.4) is 0 Å². The third-order valence-electron chi connectivity index (χ3n) is 2.57. The second kappa shape index (κ2) is 5.07. The molecule has 0 fully saturated rings. The van der Waals surface area contributed by atoms with Crippen molar-refractivity contribution >= 4 is 5.97 Å². The predicted octanol–water partition coefficient (Wildman–Crippen LogP) is 1.98. The highest BCUT2D eigenvalue weighted by molar-refractivity contribution is 5.72. The topological polar surface area (TPSA) is 46.5 Å². The Morgan fingerprint density at radius 1 is 1.50 bits per heavy atom. The van der Waals surface area contributed by atoms with Crippen LogP contribution in [-0.4, -0.2) is 18.2 Å². The van der Waals surface area contributed by atoms with E-state index in [1.165, 1.54) is 25.3 Å². The van der Waals surface area contributed by atoms with Crippen molar-refractivity contribution in [1.29, 1.82) is 0 Å². The summed E-state index contributed by atoms with van der Waals surface area (Å²) < 4.78 is 17.6. The van der Waals surface area contributed by atoms with Crippen LogP contribution in [0.1, 0.15) is 24.2 Å². The van der Waals surface area contributed by atoms with E-state index in [0.717, 1.165) is 0 Å². The Morgan fingerprint density at radius 3 is 2.62 bits per heavy atom. The number of rotatable bonds is 3. The molecule has 0 aromatic heterocycles. The van der Waals surface area contributed by atoms with Crippen molar-refractivity contribution in [3.63, 3.8) is 0 Å². The van der Waals surface area contributed by atoms with E-state index in [-0.39, 0.29) is 5.82 Å². The Bertz CT molecular complexity index is 390. The molecule has 0 amide bonds. The van der Waals surface area contributed by atoms with Crippen molar-refractivity contribution in [1.82, 2.24) is 0 Å². The number of hydrogen-bond acceptors (Lipinski definition) is 3. The summed E-state index contributed by atoms with van der Waals surface area (Å²) in [5.41, 5.74) is 0.949. The summed E-state index contributed by atoms with van der Waals surface area (Å²) in [6, 6.07) is 4.27. The van der Waals surface area contributed by atoms with Gasteiger partial charge in [0.05, 0.1) is 19.1 Å². The number of halogens is 1. The quantitative estimate of drug-likeness (QED) is 0.801. The smallest absolute Gasteiger partial charge is 0.311 e. The van der Waals surface area contributed by atoms with E-state index in [9.17, 15) is 14.3 Å². The molecule has 0 saturated carbocycles. The first-order valence-electron chi connectivity index (χ1n) is 4.99. The van der Waals surface area contributed by atoms with Gasteiger partial charge in [0.25, 0.3) is 0 Å². The first-order valence-corrected chi connectivity index (χ1v) is 4.99. The molecule has 4 heteroatoms. The molecule has 2 unspecified atom stereocenters. The Hall–Kier alpha value is -1.42. The van der Waals surface area contributed by atoms with Gasteiger partial charge in [-0.05, 0) is 31.0 Å². The number of benzene rings is 1. The van der Waals surface area contributed by atoms with E-state index in [2.05, 4.69) is 4.74 Å². The fourth-order valence-corrected chi connectivity index (χ4v) is 1.46. The van der Waals surface area contributed by atoms with Crippen LogP contribution in [0.4, 0.5) is 4.39 Å². The Kier molecular flexibility index (Phi) is 4.01. The summed E-state index contributed by atoms with van der Waals surface area (Å²) in [4.78, 5) is 11.2. The predicted molar refractivity (Wildman–Crippen MR) is 57.3 cm³/mol. The minimum atomic E-state index is -0.980. The first kappa shape index (κ1) is 12.6. The zero-order valence-electron chi connectivity index (χ0n) is 9.53. The molecule has 1 rings (SSSR count). The fraction of sp³-hybridized carbons (Fsp3) is 0.417. The van der Waals surface area contributed by atoms with Crippen molar-refractivity contribution in [3.8, 4) is 0 Å². The molecule has 0 aliphatic carbocycles. The van der Waals surface area contributed by atoms with E-state index in [1.54, 1.807) is 13.8 Å². The highest BCUT2D eigenvalue weighted by atomic mass is 19.1. The molecule has 1 aromatic rings. The number of carbonyl (C=O) groups excluding carboxylic acids is 1. The highest BCUT2D eigenvalue weighted by Crippen LogP contribution is 2.24. The zero-order chi connectivity index (χ0) is 12.3. The van der Waals surface area contributed by atoms with Crippen LogP contribution >= 0.6 is 0 Å². The largest absolute Gasteiger partial charge is 0.469 e. The van der Waals surface area contributed by atoms with Crippen LogP contribution in [0.25, 0.3) is 0 Å². The van der Waals surface area contributed by atoms with Gasteiger partial charge < -0.3 is 9.84 Å². The van der Waals surface area contributed by atoms with Gasteiger partial charge in [0.1, 0.15) is 5.82 Å². The van der Waals surface area contributed by atoms with E-state index in [0.29, 0.717) is 11.1 Å². The molecule has 0 spiro atoms. The van der Waals surface area contributed by atoms with Gasteiger partial charge in [-0.1, -0.05) is 12.1 Å². The Balaban J connectivity index is 2.91. The lowest BCUT2D eigenvalue weighted by atomic mass is 9.96. The molecule has 3 nitrogen and oxygen atoms in total. The van der Waals surface area contributed by atoms with Crippen LogP contribution in [0.5, 0.6) is 0 Å². The number of methoxy groups -OCH3 is 1. The monoisotopic (exact) mass is 226 g/mol. The standard InChI is InChI=1S/C12H15FO3/c1-7-6-9(4-5-10(7)13)11(14)8(2)12(15)16-3/h4-6,8,11,14H,1-3H3. The van der Waals surface area contributed by atoms with Gasteiger partial charge in [-0.15, -0.1) is 0 Å². The van der Waals surface area contributed by atoms with Crippen LogP contribution < -0.4 is 0 Å². The van der Waals surface area contributed by atoms with E-state index in [4.69, 9.17) is 0 Å². The maximum atomic E-state index is 13.0. The lowest BCUT2D eigenvalue weighted by molar-refractivity contribution is -0.148. The summed E-state index contributed by atoms with van der Waals surface area (Å²) in [6.45, 7) is 3.17. The average Bonchev–Trinajstić information content (AvgIpc) is 2.29. The molecule has 1 N–H and O–H groups in total. The maximum Gasteiger partial charge on any atom is 0.311 e. The third kappa shape index (κ3) is 2.58. The molecular weight excluding hydrogens is 211 g/mol. The minimum absolute atomic E-state index is 0.332. The molecule has 2 atom stereocenters. The average molecular weight is 226 g/mol. The second-order valence-corrected chi connectivity index (χ2v) is 3.77. The number of carbonyl (C=O) groups is 1. The van der Waals surface area contributed by atoms with E-state index < -0.39 is 18.0 Å². The number of hydrogen-bond donors (Lipinski definition) is 1. The van der Waals surface area contributed by atoms with Crippen LogP contribution in [-0.2, 0) is 9.53 Å². The lowest BCUT2D eigenvalue weighted by Crippen LogP contribution is -2.20. The Morgan fingerprint density at radius 2 is 2.12 bits per heavy atom. The molecule has 0 aliphatic rings. The normalized spacial score (nSPS) is 14.3. The van der Waals surface area contributed by atoms with Crippen molar-refractivity contribution in [2.45, 2.75) is 20.0 Å². The zero-order valence-corrected chi connectivity index (χ0v) is 9.53. The number of esters is 1. The fourth-order valence-electron chi connectivity index (χ4n) is 1.46. The molecule has 16 heavy (non-hydrogen) atoms. The Labute approximate surface area is 93.9 Å². The first-order chi connectivity index (χ1) is 7.47. The molecule has 0 bridgehead atoms. The van der Waals surface area contributed by atoms with Gasteiger partial charge in [-0.25, -0.2) is 4.39 Å². The van der Waals surface area contributed by atoms with Gasteiger partial charge in [-0.2, -0.15) is 0 Å². The SMILES string of the molecule is COC(=O)C(C)C(O)c1ccc(F)c(C)c1. The number of ether oxygens (including phenoxy) is 1. The summed E-state index contributed by atoms with van der Waals surface area (Å²) in [6.07, 6.45) is -0.980. The molecule has 1 aromatic carbocycles. The molecule has 0 aliphatic heterocycles. The summed E-state index contributed by atoms with van der Waals surface area (Å²) in [7, 11) is 1.27. The summed E-state index contributed by atoms with van der Waals surface area (Å²) in [5, 5.41) is 9.88. The lowest BCUT2D eigenvalue weighted by Gasteiger charge is -2.17. The highest BCUT2D eigenvalue weighted by Gasteiger charge is 2.24. The van der Waals surface area contributed by atoms with Gasteiger partial charge in [0.2, 0.25) is 0 Å². The van der Waals surface area contributed by atoms with Crippen LogP contribution in [0.2, 0.25) is 0 Å². The van der Waals surface area contributed by atoms with Gasteiger partial charge in [0.15, 0.2) is 0 Å². The molecule has 0 radical (unpaired) electrons. The van der Waals surface area contributed by atoms with Gasteiger partial charge in [-0.3, -0.25) is 4.79 Å². The van der Waals surface area contributed by atoms with Gasteiger partial charge in [0, 0.05) is 0 Å². The third-order valence-corrected chi connectivity index (χ3v) is 2.57. The van der Waals surface area contributed by atoms with Crippen molar-refractivity contribution < 1.29 is 19.0 Å². The molecule has 0 saturated heterocycles. The number of aliphatic hydroxyl groups excluding tert-OH is 1. The minimum Gasteiger partial charge on any atom is -0.469 e. The van der Waals surface area contributed by atoms with E-state index in [1.807, 2.05) is 0 Å². The van der Waals surface area contributed by atoms with Crippen LogP contribution in [0, 0.1) is 18.7 Å². The number of aryl methyl sites for hydroxylation is 1. The van der Waals surface area contributed by atoms with Crippen LogP contribution in [0.15, 0.2) is 18.2 Å². The van der Waals surface area contributed by atoms with Crippen molar-refractivity contribution in [2.75, 3.05) is 7.11 Å². The van der Waals surface area contributed by atoms with Crippen molar-refractivity contribution in [3.05, 3.63) is 35.1 Å². The van der Waals surface area contributed by atoms with E-state index >= 15 is 0 Å². The summed E-state index contributed by atoms with van der Waals surface area (Å²) >= 11 is 0. The molecule has 88 valence electrons. The second-order valence-electron chi connectivity index (χ2n) is 3.77. The maximum absolute atomic E-state index is 13.0. The molecule has 0 heterocycles. The number of aliphatic hydroxyl groups is 1. The summed E-state index contributed by atoms with van der Waals surface area (Å²) in [5.74, 6) is -1.49. The van der Waals surface area contributed by atoms with Crippen molar-refractivity contribution in [2.24, 2.45) is 5.92 Å². The molecular formula is C12H15FO3.